The maximum Gasteiger partial charge on any atom is 0.107 e. The fourth-order valence-electron chi connectivity index (χ4n) is 2.85. The first kappa shape index (κ1) is 12.5. The van der Waals surface area contributed by atoms with Gasteiger partial charge < -0.3 is 9.67 Å². The Morgan fingerprint density at radius 3 is 2.78 bits per heavy atom. The second-order valence-corrected chi connectivity index (χ2v) is 6.67. The van der Waals surface area contributed by atoms with Crippen LogP contribution in [0, 0.1) is 6.92 Å². The van der Waals surface area contributed by atoms with Crippen LogP contribution >= 0.6 is 27.5 Å². The molecular weight excluding hydrogens is 316 g/mol. The van der Waals surface area contributed by atoms with E-state index in [1.807, 2.05) is 26.0 Å². The Labute approximate surface area is 119 Å². The summed E-state index contributed by atoms with van der Waals surface area (Å²) in [5.41, 5.74) is 1.33. The van der Waals surface area contributed by atoms with Gasteiger partial charge in [0.1, 0.15) is 5.82 Å². The van der Waals surface area contributed by atoms with Crippen molar-refractivity contribution in [2.75, 3.05) is 0 Å². The molecule has 0 saturated heterocycles. The van der Waals surface area contributed by atoms with Crippen molar-refractivity contribution in [1.82, 2.24) is 9.55 Å². The Morgan fingerprint density at radius 2 is 2.17 bits per heavy atom. The Balaban J connectivity index is 2.15. The van der Waals surface area contributed by atoms with Gasteiger partial charge in [0, 0.05) is 10.5 Å². The van der Waals surface area contributed by atoms with Gasteiger partial charge in [-0.1, -0.05) is 27.5 Å². The van der Waals surface area contributed by atoms with Gasteiger partial charge in [0.25, 0.3) is 0 Å². The predicted octanol–water partition coefficient (Wildman–Crippen LogP) is 3.85. The van der Waals surface area contributed by atoms with E-state index in [2.05, 4.69) is 25.5 Å². The summed E-state index contributed by atoms with van der Waals surface area (Å²) in [6.45, 7) is 3.85. The van der Waals surface area contributed by atoms with Crippen LogP contribution in [-0.2, 0) is 0 Å². The zero-order chi connectivity index (χ0) is 13.1. The Hall–Kier alpha value is -0.580. The zero-order valence-corrected chi connectivity index (χ0v) is 12.6. The van der Waals surface area contributed by atoms with Crippen LogP contribution in [0.25, 0.3) is 11.0 Å². The molecule has 1 aromatic carbocycles. The Kier molecular flexibility index (Phi) is 2.74. The highest BCUT2D eigenvalue weighted by atomic mass is 79.9. The molecule has 2 aromatic rings. The molecule has 1 saturated carbocycles. The summed E-state index contributed by atoms with van der Waals surface area (Å²) in [5.74, 6) is 0.950. The third kappa shape index (κ3) is 1.87. The first-order valence-corrected chi connectivity index (χ1v) is 7.10. The summed E-state index contributed by atoms with van der Waals surface area (Å²) in [4.78, 5) is 4.55. The monoisotopic (exact) mass is 328 g/mol. The lowest BCUT2D eigenvalue weighted by Crippen LogP contribution is -2.42. The molecule has 96 valence electrons. The summed E-state index contributed by atoms with van der Waals surface area (Å²) < 4.78 is 3.09. The summed E-state index contributed by atoms with van der Waals surface area (Å²) in [7, 11) is 0. The van der Waals surface area contributed by atoms with E-state index in [1.54, 1.807) is 0 Å². The summed E-state index contributed by atoms with van der Waals surface area (Å²) in [5, 5.41) is 10.6. The standard InChI is InChI=1S/C13H14BrClN2O/c1-7-16-11-4-8(14)3-10(15)12(11)17(7)9-5-13(2,18)6-9/h3-4,9,18H,5-6H2,1-2H3. The normalized spacial score (nSPS) is 27.5. The fraction of sp³-hybridized carbons (Fsp3) is 0.462. The molecule has 1 aromatic heterocycles. The average molecular weight is 330 g/mol. The third-order valence-electron chi connectivity index (χ3n) is 3.60. The third-order valence-corrected chi connectivity index (χ3v) is 4.34. The second-order valence-electron chi connectivity index (χ2n) is 5.34. The molecule has 1 N–H and O–H groups in total. The van der Waals surface area contributed by atoms with E-state index in [0.29, 0.717) is 11.1 Å². The predicted molar refractivity (Wildman–Crippen MR) is 76.1 cm³/mol. The van der Waals surface area contributed by atoms with E-state index < -0.39 is 5.60 Å². The van der Waals surface area contributed by atoms with Crippen LogP contribution in [0.1, 0.15) is 31.6 Å². The molecule has 0 aliphatic heterocycles. The van der Waals surface area contributed by atoms with Crippen LogP contribution in [0.4, 0.5) is 0 Å². The van der Waals surface area contributed by atoms with E-state index in [-0.39, 0.29) is 0 Å². The number of halogens is 2. The molecule has 1 aliphatic rings. The molecule has 0 atom stereocenters. The molecule has 3 nitrogen and oxygen atoms in total. The van der Waals surface area contributed by atoms with E-state index >= 15 is 0 Å². The minimum absolute atomic E-state index is 0.295. The van der Waals surface area contributed by atoms with Crippen molar-refractivity contribution < 1.29 is 5.11 Å². The Bertz CT molecular complexity index is 627. The Morgan fingerprint density at radius 1 is 1.50 bits per heavy atom. The number of rotatable bonds is 1. The lowest BCUT2D eigenvalue weighted by atomic mass is 9.77. The van der Waals surface area contributed by atoms with Crippen molar-refractivity contribution in [2.45, 2.75) is 38.3 Å². The summed E-state index contributed by atoms with van der Waals surface area (Å²) in [6.07, 6.45) is 1.51. The molecule has 0 spiro atoms. The largest absolute Gasteiger partial charge is 0.390 e. The quantitative estimate of drug-likeness (QED) is 0.863. The molecule has 18 heavy (non-hydrogen) atoms. The minimum Gasteiger partial charge on any atom is -0.390 e. The first-order chi connectivity index (χ1) is 8.37. The first-order valence-electron chi connectivity index (χ1n) is 5.93. The number of aliphatic hydroxyl groups is 1. The highest BCUT2D eigenvalue weighted by Gasteiger charge is 2.40. The van der Waals surface area contributed by atoms with Gasteiger partial charge in [0.15, 0.2) is 0 Å². The highest BCUT2D eigenvalue weighted by Crippen LogP contribution is 2.44. The van der Waals surface area contributed by atoms with E-state index in [4.69, 9.17) is 11.6 Å². The van der Waals surface area contributed by atoms with Crippen LogP contribution in [0.5, 0.6) is 0 Å². The van der Waals surface area contributed by atoms with Crippen molar-refractivity contribution in [1.29, 1.82) is 0 Å². The lowest BCUT2D eigenvalue weighted by molar-refractivity contribution is -0.0502. The van der Waals surface area contributed by atoms with Gasteiger partial charge in [-0.15, -0.1) is 0 Å². The van der Waals surface area contributed by atoms with Gasteiger partial charge in [0.2, 0.25) is 0 Å². The van der Waals surface area contributed by atoms with Gasteiger partial charge in [-0.05, 0) is 38.8 Å². The summed E-state index contributed by atoms with van der Waals surface area (Å²) in [6, 6.07) is 4.16. The number of hydrogen-bond acceptors (Lipinski definition) is 2. The van der Waals surface area contributed by atoms with Crippen LogP contribution in [0.2, 0.25) is 5.02 Å². The molecule has 1 aliphatic carbocycles. The molecule has 1 fully saturated rings. The maximum absolute atomic E-state index is 9.88. The summed E-state index contributed by atoms with van der Waals surface area (Å²) >= 11 is 9.75. The van der Waals surface area contributed by atoms with E-state index in [1.165, 1.54) is 0 Å². The molecule has 0 bridgehead atoms. The van der Waals surface area contributed by atoms with E-state index in [0.717, 1.165) is 34.2 Å². The maximum atomic E-state index is 9.88. The van der Waals surface area contributed by atoms with Crippen LogP contribution in [-0.4, -0.2) is 20.3 Å². The van der Waals surface area contributed by atoms with Gasteiger partial charge in [-0.3, -0.25) is 0 Å². The molecule has 1 heterocycles. The number of imidazole rings is 1. The smallest absolute Gasteiger partial charge is 0.107 e. The topological polar surface area (TPSA) is 38.0 Å². The average Bonchev–Trinajstić information content (AvgIpc) is 2.50. The number of aromatic nitrogens is 2. The fourth-order valence-corrected chi connectivity index (χ4v) is 3.73. The van der Waals surface area contributed by atoms with Crippen molar-refractivity contribution in [3.63, 3.8) is 0 Å². The van der Waals surface area contributed by atoms with Crippen molar-refractivity contribution in [3.05, 3.63) is 27.5 Å². The van der Waals surface area contributed by atoms with Crippen LogP contribution < -0.4 is 0 Å². The number of aryl methyl sites for hydroxylation is 1. The molecule has 0 radical (unpaired) electrons. The number of benzene rings is 1. The second kappa shape index (κ2) is 3.95. The molecule has 0 amide bonds. The number of fused-ring (bicyclic) bond motifs is 1. The number of hydrogen-bond donors (Lipinski definition) is 1. The molecule has 5 heteroatoms. The minimum atomic E-state index is -0.546. The van der Waals surface area contributed by atoms with Crippen molar-refractivity contribution >= 4 is 38.6 Å². The van der Waals surface area contributed by atoms with E-state index in [9.17, 15) is 5.11 Å². The van der Waals surface area contributed by atoms with Gasteiger partial charge in [-0.25, -0.2) is 4.98 Å². The van der Waals surface area contributed by atoms with Gasteiger partial charge in [0.05, 0.1) is 21.7 Å². The van der Waals surface area contributed by atoms with Gasteiger partial charge >= 0.3 is 0 Å². The SMILES string of the molecule is Cc1nc2cc(Br)cc(Cl)c2n1C1CC(C)(O)C1. The van der Waals surface area contributed by atoms with Crippen molar-refractivity contribution in [2.24, 2.45) is 0 Å². The van der Waals surface area contributed by atoms with Gasteiger partial charge in [-0.2, -0.15) is 0 Å². The van der Waals surface area contributed by atoms with Crippen molar-refractivity contribution in [3.8, 4) is 0 Å². The zero-order valence-electron chi connectivity index (χ0n) is 10.2. The highest BCUT2D eigenvalue weighted by molar-refractivity contribution is 9.10. The molecular formula is C13H14BrClN2O. The van der Waals surface area contributed by atoms with Crippen LogP contribution in [0.3, 0.4) is 0 Å². The molecule has 3 rings (SSSR count). The lowest BCUT2D eigenvalue weighted by Gasteiger charge is -2.42. The number of nitrogens with zero attached hydrogens (tertiary/aromatic N) is 2. The molecule has 0 unspecified atom stereocenters. The van der Waals surface area contributed by atoms with Crippen LogP contribution in [0.15, 0.2) is 16.6 Å².